The SMILES string of the molecule is O=C(Nc1cccc(CN2CCSCC2)c1)c1cc2c(s1)CCCC2. The number of benzene rings is 1. The van der Waals surface area contributed by atoms with Crippen LogP contribution in [-0.4, -0.2) is 35.4 Å². The molecule has 1 N–H and O–H groups in total. The van der Waals surface area contributed by atoms with E-state index in [4.69, 9.17) is 0 Å². The largest absolute Gasteiger partial charge is 0.321 e. The second-order valence-electron chi connectivity index (χ2n) is 6.81. The van der Waals surface area contributed by atoms with Gasteiger partial charge >= 0.3 is 0 Å². The second kappa shape index (κ2) is 7.94. The highest BCUT2D eigenvalue weighted by molar-refractivity contribution is 7.99. The summed E-state index contributed by atoms with van der Waals surface area (Å²) in [5.74, 6) is 2.48. The molecule has 0 radical (unpaired) electrons. The standard InChI is InChI=1S/C20H24N2OS2/c23-20(19-13-16-5-1-2-7-18(16)25-19)21-17-6-3-4-15(12-17)14-22-8-10-24-11-9-22/h3-4,6,12-13H,1-2,5,7-11,14H2,(H,21,23). The van der Waals surface area contributed by atoms with Crippen LogP contribution < -0.4 is 5.32 Å². The lowest BCUT2D eigenvalue weighted by Crippen LogP contribution is -2.31. The topological polar surface area (TPSA) is 32.3 Å². The quantitative estimate of drug-likeness (QED) is 0.862. The van der Waals surface area contributed by atoms with E-state index in [9.17, 15) is 4.79 Å². The average molecular weight is 373 g/mol. The minimum atomic E-state index is 0.0333. The van der Waals surface area contributed by atoms with Gasteiger partial charge in [-0.05, 0) is 55.0 Å². The first-order chi connectivity index (χ1) is 12.3. The van der Waals surface area contributed by atoms with E-state index in [1.807, 2.05) is 23.9 Å². The summed E-state index contributed by atoms with van der Waals surface area (Å²) >= 11 is 3.70. The molecule has 1 saturated heterocycles. The number of carbonyl (C=O) groups is 1. The Labute approximate surface area is 157 Å². The van der Waals surface area contributed by atoms with E-state index in [2.05, 4.69) is 28.4 Å². The Morgan fingerprint density at radius 3 is 2.80 bits per heavy atom. The van der Waals surface area contributed by atoms with E-state index < -0.39 is 0 Å². The van der Waals surface area contributed by atoms with E-state index in [0.717, 1.165) is 43.0 Å². The fourth-order valence-corrected chi connectivity index (χ4v) is 5.69. The number of fused-ring (bicyclic) bond motifs is 1. The van der Waals surface area contributed by atoms with Gasteiger partial charge in [0, 0.05) is 41.7 Å². The second-order valence-corrected chi connectivity index (χ2v) is 9.17. The maximum Gasteiger partial charge on any atom is 0.265 e. The van der Waals surface area contributed by atoms with Gasteiger partial charge in [-0.15, -0.1) is 11.3 Å². The number of nitrogens with one attached hydrogen (secondary N) is 1. The van der Waals surface area contributed by atoms with E-state index in [1.165, 1.54) is 40.4 Å². The van der Waals surface area contributed by atoms with Gasteiger partial charge < -0.3 is 5.32 Å². The first-order valence-corrected chi connectivity index (χ1v) is 11.1. The number of carbonyl (C=O) groups excluding carboxylic acids is 1. The molecule has 1 fully saturated rings. The van der Waals surface area contributed by atoms with Gasteiger partial charge in [-0.3, -0.25) is 9.69 Å². The highest BCUT2D eigenvalue weighted by Gasteiger charge is 2.17. The predicted molar refractivity (Wildman–Crippen MR) is 108 cm³/mol. The molecule has 1 aromatic heterocycles. The van der Waals surface area contributed by atoms with Gasteiger partial charge in [0.15, 0.2) is 0 Å². The molecule has 2 aliphatic rings. The zero-order valence-corrected chi connectivity index (χ0v) is 16.1. The van der Waals surface area contributed by atoms with Crippen LogP contribution in [0.4, 0.5) is 5.69 Å². The van der Waals surface area contributed by atoms with Crippen molar-refractivity contribution in [3.8, 4) is 0 Å². The third kappa shape index (κ3) is 4.27. The van der Waals surface area contributed by atoms with Crippen LogP contribution >= 0.6 is 23.1 Å². The van der Waals surface area contributed by atoms with E-state index >= 15 is 0 Å². The van der Waals surface area contributed by atoms with Crippen LogP contribution in [0, 0.1) is 0 Å². The molecule has 3 nitrogen and oxygen atoms in total. The lowest BCUT2D eigenvalue weighted by molar-refractivity contribution is 0.103. The van der Waals surface area contributed by atoms with Gasteiger partial charge in [-0.25, -0.2) is 0 Å². The molecule has 5 heteroatoms. The summed E-state index contributed by atoms with van der Waals surface area (Å²) in [4.78, 5) is 17.4. The van der Waals surface area contributed by atoms with Crippen molar-refractivity contribution >= 4 is 34.7 Å². The zero-order chi connectivity index (χ0) is 17.1. The van der Waals surface area contributed by atoms with Crippen molar-refractivity contribution in [2.24, 2.45) is 0 Å². The van der Waals surface area contributed by atoms with Crippen LogP contribution in [0.25, 0.3) is 0 Å². The lowest BCUT2D eigenvalue weighted by atomic mass is 9.99. The Bertz CT molecular complexity index is 726. The molecular weight excluding hydrogens is 348 g/mol. The summed E-state index contributed by atoms with van der Waals surface area (Å²) in [6, 6.07) is 10.4. The fourth-order valence-electron chi connectivity index (χ4n) is 3.56. The monoisotopic (exact) mass is 372 g/mol. The fraction of sp³-hybridized carbons (Fsp3) is 0.450. The van der Waals surface area contributed by atoms with Crippen molar-refractivity contribution < 1.29 is 4.79 Å². The minimum Gasteiger partial charge on any atom is -0.321 e. The van der Waals surface area contributed by atoms with Crippen molar-refractivity contribution in [2.45, 2.75) is 32.2 Å². The smallest absolute Gasteiger partial charge is 0.265 e. The van der Waals surface area contributed by atoms with E-state index in [1.54, 1.807) is 11.3 Å². The van der Waals surface area contributed by atoms with Crippen LogP contribution in [0.3, 0.4) is 0 Å². The maximum absolute atomic E-state index is 12.6. The normalized spacial score (nSPS) is 17.9. The summed E-state index contributed by atoms with van der Waals surface area (Å²) < 4.78 is 0. The molecule has 2 heterocycles. The highest BCUT2D eigenvalue weighted by Crippen LogP contribution is 2.30. The molecule has 1 aliphatic carbocycles. The number of hydrogen-bond donors (Lipinski definition) is 1. The number of rotatable bonds is 4. The molecule has 25 heavy (non-hydrogen) atoms. The van der Waals surface area contributed by atoms with Gasteiger partial charge in [0.2, 0.25) is 0 Å². The summed E-state index contributed by atoms with van der Waals surface area (Å²) in [7, 11) is 0. The third-order valence-corrected chi connectivity index (χ3v) is 7.09. The van der Waals surface area contributed by atoms with Crippen LogP contribution in [0.5, 0.6) is 0 Å². The van der Waals surface area contributed by atoms with Crippen LogP contribution in [0.2, 0.25) is 0 Å². The Morgan fingerprint density at radius 1 is 1.12 bits per heavy atom. The number of thiophene rings is 1. The highest BCUT2D eigenvalue weighted by atomic mass is 32.2. The number of amides is 1. The summed E-state index contributed by atoms with van der Waals surface area (Å²) in [5, 5.41) is 3.09. The lowest BCUT2D eigenvalue weighted by Gasteiger charge is -2.26. The van der Waals surface area contributed by atoms with Crippen LogP contribution in [-0.2, 0) is 19.4 Å². The zero-order valence-electron chi connectivity index (χ0n) is 14.4. The third-order valence-electron chi connectivity index (χ3n) is 4.92. The van der Waals surface area contributed by atoms with Crippen molar-refractivity contribution in [3.05, 3.63) is 51.2 Å². The molecule has 1 amide bonds. The Morgan fingerprint density at radius 2 is 1.96 bits per heavy atom. The summed E-state index contributed by atoms with van der Waals surface area (Å²) in [6.45, 7) is 3.28. The molecule has 0 bridgehead atoms. The first kappa shape index (κ1) is 17.1. The molecule has 0 saturated carbocycles. The van der Waals surface area contributed by atoms with Gasteiger partial charge in [0.1, 0.15) is 0 Å². The number of hydrogen-bond acceptors (Lipinski definition) is 4. The van der Waals surface area contributed by atoms with Gasteiger partial charge in [0.25, 0.3) is 5.91 Å². The van der Waals surface area contributed by atoms with Gasteiger partial charge in [-0.2, -0.15) is 11.8 Å². The number of aryl methyl sites for hydroxylation is 2. The van der Waals surface area contributed by atoms with Crippen LogP contribution in [0.1, 0.15) is 38.5 Å². The van der Waals surface area contributed by atoms with Gasteiger partial charge in [-0.1, -0.05) is 12.1 Å². The maximum atomic E-state index is 12.6. The molecule has 132 valence electrons. The summed E-state index contributed by atoms with van der Waals surface area (Å²) in [5.41, 5.74) is 3.56. The van der Waals surface area contributed by atoms with Crippen LogP contribution in [0.15, 0.2) is 30.3 Å². The van der Waals surface area contributed by atoms with E-state index in [-0.39, 0.29) is 5.91 Å². The molecule has 2 aromatic rings. The Balaban J connectivity index is 1.42. The molecule has 1 aliphatic heterocycles. The van der Waals surface area contributed by atoms with Crippen molar-refractivity contribution in [1.29, 1.82) is 0 Å². The number of anilines is 1. The van der Waals surface area contributed by atoms with Crippen molar-refractivity contribution in [2.75, 3.05) is 29.9 Å². The molecule has 1 aromatic carbocycles. The predicted octanol–water partition coefficient (Wildman–Crippen LogP) is 4.43. The molecule has 0 atom stereocenters. The van der Waals surface area contributed by atoms with Crippen molar-refractivity contribution in [1.82, 2.24) is 4.90 Å². The van der Waals surface area contributed by atoms with Gasteiger partial charge in [0.05, 0.1) is 4.88 Å². The average Bonchev–Trinajstić information content (AvgIpc) is 3.07. The molecular formula is C20H24N2OS2. The van der Waals surface area contributed by atoms with Crippen molar-refractivity contribution in [3.63, 3.8) is 0 Å². The first-order valence-electron chi connectivity index (χ1n) is 9.10. The number of nitrogens with zero attached hydrogens (tertiary/aromatic N) is 1. The molecule has 0 unspecified atom stereocenters. The molecule has 0 spiro atoms. The Kier molecular flexibility index (Phi) is 5.44. The minimum absolute atomic E-state index is 0.0333. The Hall–Kier alpha value is -1.30. The molecule has 4 rings (SSSR count). The summed E-state index contributed by atoms with van der Waals surface area (Å²) in [6.07, 6.45) is 4.77. The number of thioether (sulfide) groups is 1. The van der Waals surface area contributed by atoms with E-state index in [0.29, 0.717) is 0 Å².